The first kappa shape index (κ1) is 15.1. The van der Waals surface area contributed by atoms with Crippen molar-refractivity contribution < 1.29 is 0 Å². The van der Waals surface area contributed by atoms with E-state index in [9.17, 15) is 0 Å². The molecule has 1 rings (SSSR count). The van der Waals surface area contributed by atoms with E-state index in [1.165, 1.54) is 6.42 Å². The SMILES string of the molecule is CCC(C)(CNC)CN(C)Cc1cccc(C)n1. The number of pyridine rings is 1. The Morgan fingerprint density at radius 1 is 1.39 bits per heavy atom. The standard InChI is InChI=1S/C15H27N3/c1-6-15(3,11-16-4)12-18(5)10-14-9-7-8-13(2)17-14/h7-9,16H,6,10-12H2,1-5H3. The lowest BCUT2D eigenvalue weighted by Gasteiger charge is -2.32. The fourth-order valence-electron chi connectivity index (χ4n) is 2.39. The molecular weight excluding hydrogens is 222 g/mol. The molecule has 0 aliphatic carbocycles. The summed E-state index contributed by atoms with van der Waals surface area (Å²) in [5, 5.41) is 3.30. The summed E-state index contributed by atoms with van der Waals surface area (Å²) in [4.78, 5) is 6.92. The lowest BCUT2D eigenvalue weighted by atomic mass is 9.87. The largest absolute Gasteiger partial charge is 0.319 e. The van der Waals surface area contributed by atoms with Gasteiger partial charge in [-0.15, -0.1) is 0 Å². The minimum Gasteiger partial charge on any atom is -0.319 e. The van der Waals surface area contributed by atoms with E-state index >= 15 is 0 Å². The molecule has 0 amide bonds. The molecule has 0 saturated heterocycles. The molecule has 0 bridgehead atoms. The maximum atomic E-state index is 4.56. The second-order valence-corrected chi connectivity index (χ2v) is 5.64. The van der Waals surface area contributed by atoms with Crippen LogP contribution in [-0.2, 0) is 6.54 Å². The van der Waals surface area contributed by atoms with Gasteiger partial charge in [0.05, 0.1) is 5.69 Å². The molecule has 0 spiro atoms. The van der Waals surface area contributed by atoms with E-state index in [0.29, 0.717) is 5.41 Å². The minimum atomic E-state index is 0.327. The van der Waals surface area contributed by atoms with Crippen LogP contribution in [-0.4, -0.2) is 37.1 Å². The van der Waals surface area contributed by atoms with E-state index in [1.54, 1.807) is 0 Å². The summed E-state index contributed by atoms with van der Waals surface area (Å²) >= 11 is 0. The highest BCUT2D eigenvalue weighted by Crippen LogP contribution is 2.21. The Morgan fingerprint density at radius 3 is 2.67 bits per heavy atom. The second-order valence-electron chi connectivity index (χ2n) is 5.64. The topological polar surface area (TPSA) is 28.2 Å². The van der Waals surface area contributed by atoms with Crippen molar-refractivity contribution in [2.24, 2.45) is 5.41 Å². The first-order chi connectivity index (χ1) is 8.49. The van der Waals surface area contributed by atoms with Gasteiger partial charge in [-0.2, -0.15) is 0 Å². The zero-order chi connectivity index (χ0) is 13.6. The Labute approximate surface area is 112 Å². The molecule has 0 aromatic carbocycles. The van der Waals surface area contributed by atoms with Gasteiger partial charge in [0, 0.05) is 25.3 Å². The van der Waals surface area contributed by atoms with E-state index in [-0.39, 0.29) is 0 Å². The van der Waals surface area contributed by atoms with Gasteiger partial charge in [0.15, 0.2) is 0 Å². The van der Waals surface area contributed by atoms with Crippen molar-refractivity contribution in [1.29, 1.82) is 0 Å². The van der Waals surface area contributed by atoms with Gasteiger partial charge in [0.1, 0.15) is 0 Å². The van der Waals surface area contributed by atoms with Crippen molar-refractivity contribution in [2.45, 2.75) is 33.7 Å². The summed E-state index contributed by atoms with van der Waals surface area (Å²) in [7, 11) is 4.20. The lowest BCUT2D eigenvalue weighted by Crippen LogP contribution is -2.39. The van der Waals surface area contributed by atoms with E-state index < -0.39 is 0 Å². The van der Waals surface area contributed by atoms with Crippen molar-refractivity contribution in [3.63, 3.8) is 0 Å². The van der Waals surface area contributed by atoms with Gasteiger partial charge in [-0.05, 0) is 45.0 Å². The third kappa shape index (κ3) is 4.75. The zero-order valence-corrected chi connectivity index (χ0v) is 12.5. The van der Waals surface area contributed by atoms with E-state index in [2.05, 4.69) is 48.2 Å². The predicted octanol–water partition coefficient (Wildman–Crippen LogP) is 2.46. The Hall–Kier alpha value is -0.930. The molecule has 0 saturated carbocycles. The number of rotatable bonds is 7. The van der Waals surface area contributed by atoms with Crippen LogP contribution in [0.4, 0.5) is 0 Å². The first-order valence-electron chi connectivity index (χ1n) is 6.75. The molecule has 1 unspecified atom stereocenters. The number of hydrogen-bond donors (Lipinski definition) is 1. The quantitative estimate of drug-likeness (QED) is 0.804. The number of nitrogens with one attached hydrogen (secondary N) is 1. The van der Waals surface area contributed by atoms with Crippen LogP contribution in [0.1, 0.15) is 31.7 Å². The maximum absolute atomic E-state index is 4.56. The highest BCUT2D eigenvalue weighted by molar-refractivity contribution is 5.09. The van der Waals surface area contributed by atoms with Crippen LogP contribution >= 0.6 is 0 Å². The smallest absolute Gasteiger partial charge is 0.0547 e. The van der Waals surface area contributed by atoms with Crippen molar-refractivity contribution in [1.82, 2.24) is 15.2 Å². The van der Waals surface area contributed by atoms with Gasteiger partial charge in [-0.25, -0.2) is 0 Å². The van der Waals surface area contributed by atoms with Gasteiger partial charge in [-0.1, -0.05) is 19.9 Å². The number of aromatic nitrogens is 1. The molecule has 0 aliphatic heterocycles. The van der Waals surface area contributed by atoms with Gasteiger partial charge in [0.2, 0.25) is 0 Å². The zero-order valence-electron chi connectivity index (χ0n) is 12.5. The van der Waals surface area contributed by atoms with Gasteiger partial charge in [-0.3, -0.25) is 9.88 Å². The van der Waals surface area contributed by atoms with Crippen LogP contribution in [0, 0.1) is 12.3 Å². The summed E-state index contributed by atoms with van der Waals surface area (Å²) in [6.07, 6.45) is 1.18. The van der Waals surface area contributed by atoms with Crippen LogP contribution in [0.3, 0.4) is 0 Å². The summed E-state index contributed by atoms with van der Waals surface area (Å²) in [6, 6.07) is 6.23. The highest BCUT2D eigenvalue weighted by atomic mass is 15.1. The second kappa shape index (κ2) is 6.86. The Bertz CT molecular complexity index is 365. The highest BCUT2D eigenvalue weighted by Gasteiger charge is 2.23. The predicted molar refractivity (Wildman–Crippen MR) is 77.6 cm³/mol. The molecule has 102 valence electrons. The molecule has 1 atom stereocenters. The van der Waals surface area contributed by atoms with Crippen LogP contribution in [0.25, 0.3) is 0 Å². The number of hydrogen-bond acceptors (Lipinski definition) is 3. The maximum Gasteiger partial charge on any atom is 0.0547 e. The van der Waals surface area contributed by atoms with Crippen LogP contribution in [0.15, 0.2) is 18.2 Å². The molecular formula is C15H27N3. The lowest BCUT2D eigenvalue weighted by molar-refractivity contribution is 0.177. The monoisotopic (exact) mass is 249 g/mol. The molecule has 18 heavy (non-hydrogen) atoms. The van der Waals surface area contributed by atoms with Crippen molar-refractivity contribution in [3.05, 3.63) is 29.6 Å². The van der Waals surface area contributed by atoms with Gasteiger partial charge < -0.3 is 5.32 Å². The molecule has 3 nitrogen and oxygen atoms in total. The Balaban J connectivity index is 2.57. The summed E-state index contributed by atoms with van der Waals surface area (Å²) in [5.74, 6) is 0. The Kier molecular flexibility index (Phi) is 5.76. The van der Waals surface area contributed by atoms with Crippen LogP contribution in [0.2, 0.25) is 0 Å². The average molecular weight is 249 g/mol. The number of aryl methyl sites for hydroxylation is 1. The third-order valence-corrected chi connectivity index (χ3v) is 3.49. The van der Waals surface area contributed by atoms with Gasteiger partial charge >= 0.3 is 0 Å². The van der Waals surface area contributed by atoms with Crippen molar-refractivity contribution in [3.8, 4) is 0 Å². The summed E-state index contributed by atoms with van der Waals surface area (Å²) in [5.41, 5.74) is 2.57. The van der Waals surface area contributed by atoms with E-state index in [4.69, 9.17) is 0 Å². The molecule has 0 aliphatic rings. The average Bonchev–Trinajstić information content (AvgIpc) is 2.29. The minimum absolute atomic E-state index is 0.327. The normalized spacial score (nSPS) is 14.8. The number of nitrogens with zero attached hydrogens (tertiary/aromatic N) is 2. The summed E-state index contributed by atoms with van der Waals surface area (Å²) in [6.45, 7) is 9.69. The van der Waals surface area contributed by atoms with Crippen molar-refractivity contribution >= 4 is 0 Å². The fourth-order valence-corrected chi connectivity index (χ4v) is 2.39. The molecule has 0 fully saturated rings. The molecule has 1 aromatic rings. The molecule has 0 radical (unpaired) electrons. The van der Waals surface area contributed by atoms with E-state index in [0.717, 1.165) is 31.0 Å². The molecule has 1 heterocycles. The summed E-state index contributed by atoms with van der Waals surface area (Å²) < 4.78 is 0. The molecule has 1 N–H and O–H groups in total. The van der Waals surface area contributed by atoms with Crippen LogP contribution in [0.5, 0.6) is 0 Å². The Morgan fingerprint density at radius 2 is 2.11 bits per heavy atom. The van der Waals surface area contributed by atoms with Crippen LogP contribution < -0.4 is 5.32 Å². The molecule has 3 heteroatoms. The molecule has 1 aromatic heterocycles. The van der Waals surface area contributed by atoms with Crippen molar-refractivity contribution in [2.75, 3.05) is 27.2 Å². The fraction of sp³-hybridized carbons (Fsp3) is 0.667. The third-order valence-electron chi connectivity index (χ3n) is 3.49. The van der Waals surface area contributed by atoms with E-state index in [1.807, 2.05) is 20.0 Å². The van der Waals surface area contributed by atoms with Gasteiger partial charge in [0.25, 0.3) is 0 Å². The first-order valence-corrected chi connectivity index (χ1v) is 6.75.